The first-order chi connectivity index (χ1) is 10.7. The number of rotatable bonds is 5. The van der Waals surface area contributed by atoms with E-state index in [1.165, 1.54) is 17.3 Å². The maximum Gasteiger partial charge on any atom is 0.251 e. The van der Waals surface area contributed by atoms with E-state index in [0.717, 1.165) is 13.1 Å². The van der Waals surface area contributed by atoms with Gasteiger partial charge in [0.1, 0.15) is 6.61 Å². The summed E-state index contributed by atoms with van der Waals surface area (Å²) in [5, 5.41) is 6.66. The van der Waals surface area contributed by atoms with Gasteiger partial charge < -0.3 is 15.4 Å². The summed E-state index contributed by atoms with van der Waals surface area (Å²) >= 11 is 5.74. The lowest BCUT2D eigenvalue weighted by Crippen LogP contribution is -2.28. The summed E-state index contributed by atoms with van der Waals surface area (Å²) in [6, 6.07) is 9.19. The summed E-state index contributed by atoms with van der Waals surface area (Å²) in [5.74, 6) is 0.393. The van der Waals surface area contributed by atoms with E-state index in [4.69, 9.17) is 16.3 Å². The third-order valence-electron chi connectivity index (χ3n) is 3.44. The first kappa shape index (κ1) is 14.8. The third-order valence-corrected chi connectivity index (χ3v) is 3.66. The monoisotopic (exact) mass is 317 g/mol. The Kier molecular flexibility index (Phi) is 4.56. The lowest BCUT2D eigenvalue weighted by Gasteiger charge is -2.08. The zero-order valence-electron chi connectivity index (χ0n) is 11.9. The van der Waals surface area contributed by atoms with Crippen LogP contribution in [0.1, 0.15) is 21.5 Å². The van der Waals surface area contributed by atoms with Gasteiger partial charge in [0, 0.05) is 30.9 Å². The number of hydrogen-bond donors (Lipinski definition) is 2. The summed E-state index contributed by atoms with van der Waals surface area (Å²) in [7, 11) is 0. The maximum atomic E-state index is 12.1. The van der Waals surface area contributed by atoms with Crippen LogP contribution in [0.15, 0.2) is 36.5 Å². The number of benzene rings is 1. The van der Waals surface area contributed by atoms with Gasteiger partial charge in [0.05, 0.1) is 11.6 Å². The number of aromatic nitrogens is 1. The van der Waals surface area contributed by atoms with Crippen molar-refractivity contribution in [2.24, 2.45) is 0 Å². The van der Waals surface area contributed by atoms with Crippen molar-refractivity contribution in [3.8, 4) is 5.88 Å². The van der Waals surface area contributed by atoms with Gasteiger partial charge in [0.15, 0.2) is 0 Å². The van der Waals surface area contributed by atoms with Crippen LogP contribution in [0.5, 0.6) is 5.88 Å². The number of carbonyl (C=O) groups is 1. The molecule has 1 amide bonds. The van der Waals surface area contributed by atoms with Crippen LogP contribution in [0.2, 0.25) is 5.02 Å². The average molecular weight is 318 g/mol. The van der Waals surface area contributed by atoms with E-state index in [1.54, 1.807) is 12.1 Å². The predicted octanol–water partition coefficient (Wildman–Crippen LogP) is 2.15. The molecule has 1 aliphatic rings. The van der Waals surface area contributed by atoms with Crippen molar-refractivity contribution < 1.29 is 9.53 Å². The van der Waals surface area contributed by atoms with Crippen molar-refractivity contribution in [1.29, 1.82) is 0 Å². The average Bonchev–Trinajstić information content (AvgIpc) is 3.00. The lowest BCUT2D eigenvalue weighted by atomic mass is 10.1. The quantitative estimate of drug-likeness (QED) is 0.829. The van der Waals surface area contributed by atoms with Crippen LogP contribution in [-0.4, -0.2) is 24.0 Å². The zero-order valence-corrected chi connectivity index (χ0v) is 12.7. The molecule has 1 aromatic carbocycles. The fourth-order valence-corrected chi connectivity index (χ4v) is 2.42. The van der Waals surface area contributed by atoms with E-state index in [9.17, 15) is 4.79 Å². The van der Waals surface area contributed by atoms with Gasteiger partial charge in [-0.05, 0) is 29.3 Å². The molecule has 0 unspecified atom stereocenters. The Morgan fingerprint density at radius 2 is 2.14 bits per heavy atom. The summed E-state index contributed by atoms with van der Waals surface area (Å²) in [5.41, 5.74) is 3.12. The topological polar surface area (TPSA) is 63.2 Å². The Morgan fingerprint density at radius 1 is 1.27 bits per heavy atom. The molecule has 5 nitrogen and oxygen atoms in total. The highest BCUT2D eigenvalue weighted by Crippen LogP contribution is 2.17. The van der Waals surface area contributed by atoms with Gasteiger partial charge in [-0.15, -0.1) is 0 Å². The minimum absolute atomic E-state index is 0.0950. The van der Waals surface area contributed by atoms with Crippen molar-refractivity contribution in [3.63, 3.8) is 0 Å². The van der Waals surface area contributed by atoms with Crippen LogP contribution in [0.3, 0.4) is 0 Å². The molecule has 0 aliphatic carbocycles. The highest BCUT2D eigenvalue weighted by atomic mass is 35.5. The van der Waals surface area contributed by atoms with Crippen molar-refractivity contribution >= 4 is 17.5 Å². The third kappa shape index (κ3) is 3.55. The Hall–Kier alpha value is -2.11. The number of halogens is 1. The lowest BCUT2D eigenvalue weighted by molar-refractivity contribution is 0.0946. The van der Waals surface area contributed by atoms with Gasteiger partial charge in [0.25, 0.3) is 5.91 Å². The van der Waals surface area contributed by atoms with Gasteiger partial charge in [-0.1, -0.05) is 17.7 Å². The number of nitrogens with one attached hydrogen (secondary N) is 2. The number of ether oxygens (including phenoxy) is 1. The summed E-state index contributed by atoms with van der Waals surface area (Å²) < 4.78 is 5.43. The number of hydrogen-bond acceptors (Lipinski definition) is 4. The van der Waals surface area contributed by atoms with Gasteiger partial charge in [-0.3, -0.25) is 4.79 Å². The molecule has 2 N–H and O–H groups in total. The van der Waals surface area contributed by atoms with Crippen molar-refractivity contribution in [2.45, 2.75) is 13.1 Å². The normalized spacial score (nSPS) is 12.8. The number of nitrogens with zero attached hydrogens (tertiary/aromatic N) is 1. The smallest absolute Gasteiger partial charge is 0.251 e. The standard InChI is InChI=1S/C16H16ClN3O2/c17-14-3-4-15(20-10-14)22-6-5-19-16(21)11-1-2-12-8-18-9-13(12)7-11/h1-4,7,10,18H,5-6,8-9H2,(H,19,21). The molecule has 0 atom stereocenters. The molecule has 22 heavy (non-hydrogen) atoms. The van der Waals surface area contributed by atoms with E-state index in [2.05, 4.69) is 15.6 Å². The molecule has 1 aliphatic heterocycles. The minimum atomic E-state index is -0.0950. The van der Waals surface area contributed by atoms with Crippen molar-refractivity contribution in [3.05, 3.63) is 58.2 Å². The van der Waals surface area contributed by atoms with Gasteiger partial charge in [-0.25, -0.2) is 4.98 Å². The molecular formula is C16H16ClN3O2. The maximum absolute atomic E-state index is 12.1. The van der Waals surface area contributed by atoms with Crippen LogP contribution in [-0.2, 0) is 13.1 Å². The molecule has 0 saturated heterocycles. The first-order valence-corrected chi connectivity index (χ1v) is 7.45. The number of amides is 1. The molecule has 0 fully saturated rings. The molecule has 3 rings (SSSR count). The molecule has 6 heteroatoms. The second kappa shape index (κ2) is 6.77. The van der Waals surface area contributed by atoms with Crippen LogP contribution >= 0.6 is 11.6 Å². The van der Waals surface area contributed by atoms with Crippen molar-refractivity contribution in [1.82, 2.24) is 15.6 Å². The van der Waals surface area contributed by atoms with Crippen LogP contribution in [0.25, 0.3) is 0 Å². The minimum Gasteiger partial charge on any atom is -0.476 e. The summed E-state index contributed by atoms with van der Waals surface area (Å²) in [6.45, 7) is 2.46. The molecule has 0 radical (unpaired) electrons. The van der Waals surface area contributed by atoms with Gasteiger partial charge in [0.2, 0.25) is 5.88 Å². The van der Waals surface area contributed by atoms with Crippen LogP contribution < -0.4 is 15.4 Å². The highest BCUT2D eigenvalue weighted by Gasteiger charge is 2.13. The Bertz CT molecular complexity index is 674. The van der Waals surface area contributed by atoms with Gasteiger partial charge >= 0.3 is 0 Å². The van der Waals surface area contributed by atoms with E-state index in [1.807, 2.05) is 18.2 Å². The van der Waals surface area contributed by atoms with Crippen LogP contribution in [0, 0.1) is 0 Å². The fraction of sp³-hybridized carbons (Fsp3) is 0.250. The van der Waals surface area contributed by atoms with E-state index in [-0.39, 0.29) is 5.91 Å². The fourth-order valence-electron chi connectivity index (χ4n) is 2.31. The molecule has 114 valence electrons. The summed E-state index contributed by atoms with van der Waals surface area (Å²) in [4.78, 5) is 16.1. The molecule has 2 heterocycles. The number of pyridine rings is 1. The van der Waals surface area contributed by atoms with Gasteiger partial charge in [-0.2, -0.15) is 0 Å². The predicted molar refractivity (Wildman–Crippen MR) is 84.1 cm³/mol. The second-order valence-corrected chi connectivity index (χ2v) is 5.44. The Balaban J connectivity index is 1.47. The van der Waals surface area contributed by atoms with E-state index in [0.29, 0.717) is 29.6 Å². The second-order valence-electron chi connectivity index (χ2n) is 5.01. The zero-order chi connectivity index (χ0) is 15.4. The Morgan fingerprint density at radius 3 is 2.95 bits per heavy atom. The molecule has 0 saturated carbocycles. The highest BCUT2D eigenvalue weighted by molar-refractivity contribution is 6.30. The van der Waals surface area contributed by atoms with Crippen molar-refractivity contribution in [2.75, 3.05) is 13.2 Å². The van der Waals surface area contributed by atoms with E-state index < -0.39 is 0 Å². The molecule has 2 aromatic rings. The Labute approximate surface area is 133 Å². The number of fused-ring (bicyclic) bond motifs is 1. The molecule has 0 bridgehead atoms. The van der Waals surface area contributed by atoms with Crippen LogP contribution in [0.4, 0.5) is 0 Å². The SMILES string of the molecule is O=C(NCCOc1ccc(Cl)cn1)c1ccc2c(c1)CNC2. The molecular weight excluding hydrogens is 302 g/mol. The first-order valence-electron chi connectivity index (χ1n) is 7.07. The summed E-state index contributed by atoms with van der Waals surface area (Å²) in [6.07, 6.45) is 1.52. The van der Waals surface area contributed by atoms with E-state index >= 15 is 0 Å². The molecule has 1 aromatic heterocycles. The largest absolute Gasteiger partial charge is 0.476 e. The molecule has 0 spiro atoms. The number of carbonyl (C=O) groups excluding carboxylic acids is 1.